The molecule has 0 saturated heterocycles. The standard InChI is InChI=1S/C25H21N5O3/c31-24(26-15-23-29-27-16-30(23)20-10-2-1-3-11-20)18-8-6-9-19(13-18)28-25(32)22-14-17-7-4-5-12-21(17)33-22/h1-13,16,22H,14-15H2,(H,26,31)(H,28,32). The number of nitrogens with zero attached hydrogens (tertiary/aromatic N) is 3. The highest BCUT2D eigenvalue weighted by atomic mass is 16.5. The van der Waals surface area contributed by atoms with Gasteiger partial charge in [-0.05, 0) is 42.0 Å². The van der Waals surface area contributed by atoms with Crippen LogP contribution in [0.1, 0.15) is 21.7 Å². The summed E-state index contributed by atoms with van der Waals surface area (Å²) in [7, 11) is 0. The summed E-state index contributed by atoms with van der Waals surface area (Å²) in [6.45, 7) is 0.207. The molecule has 1 aromatic heterocycles. The van der Waals surface area contributed by atoms with E-state index in [4.69, 9.17) is 4.74 Å². The average molecular weight is 439 g/mol. The molecule has 1 atom stereocenters. The maximum atomic E-state index is 12.7. The molecule has 8 heteroatoms. The normalized spacial score (nSPS) is 14.2. The van der Waals surface area contributed by atoms with Crippen molar-refractivity contribution in [3.8, 4) is 11.4 Å². The summed E-state index contributed by atoms with van der Waals surface area (Å²) < 4.78 is 7.56. The van der Waals surface area contributed by atoms with E-state index in [-0.39, 0.29) is 18.4 Å². The van der Waals surface area contributed by atoms with Gasteiger partial charge in [0.25, 0.3) is 11.8 Å². The molecule has 0 spiro atoms. The number of carbonyl (C=O) groups is 2. The van der Waals surface area contributed by atoms with Crippen molar-refractivity contribution < 1.29 is 14.3 Å². The molecule has 2 N–H and O–H groups in total. The highest BCUT2D eigenvalue weighted by Crippen LogP contribution is 2.28. The fraction of sp³-hybridized carbons (Fsp3) is 0.120. The Labute approximate surface area is 190 Å². The van der Waals surface area contributed by atoms with Gasteiger partial charge in [-0.3, -0.25) is 14.2 Å². The summed E-state index contributed by atoms with van der Waals surface area (Å²) in [5.41, 5.74) is 2.87. The Morgan fingerprint density at radius 2 is 1.82 bits per heavy atom. The molecule has 8 nitrogen and oxygen atoms in total. The highest BCUT2D eigenvalue weighted by molar-refractivity contribution is 5.98. The van der Waals surface area contributed by atoms with Gasteiger partial charge in [-0.1, -0.05) is 42.5 Å². The largest absolute Gasteiger partial charge is 0.480 e. The van der Waals surface area contributed by atoms with Gasteiger partial charge in [-0.25, -0.2) is 0 Å². The Morgan fingerprint density at radius 1 is 1.00 bits per heavy atom. The maximum Gasteiger partial charge on any atom is 0.265 e. The number of rotatable bonds is 6. The van der Waals surface area contributed by atoms with Crippen molar-refractivity contribution in [3.63, 3.8) is 0 Å². The van der Waals surface area contributed by atoms with Gasteiger partial charge in [0.1, 0.15) is 12.1 Å². The summed E-state index contributed by atoms with van der Waals surface area (Å²) in [4.78, 5) is 25.4. The smallest absolute Gasteiger partial charge is 0.265 e. The van der Waals surface area contributed by atoms with Crippen molar-refractivity contribution >= 4 is 17.5 Å². The zero-order valence-electron chi connectivity index (χ0n) is 17.6. The lowest BCUT2D eigenvalue weighted by atomic mass is 10.1. The molecule has 164 valence electrons. The predicted octanol–water partition coefficient (Wildman–Crippen LogP) is 3.14. The van der Waals surface area contributed by atoms with Crippen LogP contribution in [0.15, 0.2) is 85.2 Å². The number of carbonyl (C=O) groups excluding carboxylic acids is 2. The number of hydrogen-bond acceptors (Lipinski definition) is 5. The van der Waals surface area contributed by atoms with E-state index in [0.29, 0.717) is 23.5 Å². The van der Waals surface area contributed by atoms with E-state index in [1.165, 1.54) is 0 Å². The van der Waals surface area contributed by atoms with Gasteiger partial charge in [-0.15, -0.1) is 10.2 Å². The predicted molar refractivity (Wildman–Crippen MR) is 122 cm³/mol. The Kier molecular flexibility index (Phi) is 5.55. The molecule has 0 fully saturated rings. The molecule has 1 unspecified atom stereocenters. The molecule has 0 radical (unpaired) electrons. The number of hydrogen-bond donors (Lipinski definition) is 2. The van der Waals surface area contributed by atoms with Crippen LogP contribution in [-0.4, -0.2) is 32.7 Å². The first-order valence-corrected chi connectivity index (χ1v) is 10.6. The van der Waals surface area contributed by atoms with E-state index >= 15 is 0 Å². The third-order valence-electron chi connectivity index (χ3n) is 5.39. The first-order valence-electron chi connectivity index (χ1n) is 10.6. The molecule has 33 heavy (non-hydrogen) atoms. The number of amides is 2. The summed E-state index contributed by atoms with van der Waals surface area (Å²) in [5.74, 6) is 0.809. The van der Waals surface area contributed by atoms with E-state index in [2.05, 4.69) is 20.8 Å². The quantitative estimate of drug-likeness (QED) is 0.481. The highest BCUT2D eigenvalue weighted by Gasteiger charge is 2.28. The summed E-state index contributed by atoms with van der Waals surface area (Å²) in [6.07, 6.45) is 1.53. The first kappa shape index (κ1) is 20.4. The molecule has 2 amide bonds. The van der Waals surface area contributed by atoms with Gasteiger partial charge in [0.05, 0.1) is 6.54 Å². The average Bonchev–Trinajstić information content (AvgIpc) is 3.50. The van der Waals surface area contributed by atoms with Gasteiger partial charge in [0, 0.05) is 23.4 Å². The Bertz CT molecular complexity index is 1280. The van der Waals surface area contributed by atoms with Crippen LogP contribution in [0.25, 0.3) is 5.69 Å². The van der Waals surface area contributed by atoms with Crippen LogP contribution in [0.5, 0.6) is 5.75 Å². The van der Waals surface area contributed by atoms with Crippen molar-refractivity contribution in [2.24, 2.45) is 0 Å². The fourth-order valence-corrected chi connectivity index (χ4v) is 3.73. The summed E-state index contributed by atoms with van der Waals surface area (Å²) in [5, 5.41) is 13.8. The Balaban J connectivity index is 1.21. The number of aromatic nitrogens is 3. The zero-order chi connectivity index (χ0) is 22.6. The van der Waals surface area contributed by atoms with Gasteiger partial charge in [0.15, 0.2) is 11.9 Å². The van der Waals surface area contributed by atoms with Crippen LogP contribution in [0.3, 0.4) is 0 Å². The number of para-hydroxylation sites is 2. The number of nitrogens with one attached hydrogen (secondary N) is 2. The van der Waals surface area contributed by atoms with E-state index in [1.807, 2.05) is 59.2 Å². The number of benzene rings is 3. The van der Waals surface area contributed by atoms with E-state index in [1.54, 1.807) is 30.6 Å². The molecule has 1 aliphatic rings. The second-order valence-electron chi connectivity index (χ2n) is 7.62. The Morgan fingerprint density at radius 3 is 2.67 bits per heavy atom. The van der Waals surface area contributed by atoms with E-state index < -0.39 is 6.10 Å². The second-order valence-corrected chi connectivity index (χ2v) is 7.62. The van der Waals surface area contributed by atoms with Crippen molar-refractivity contribution in [2.45, 2.75) is 19.1 Å². The van der Waals surface area contributed by atoms with Crippen molar-refractivity contribution in [3.05, 3.63) is 102 Å². The second kappa shape index (κ2) is 8.96. The molecule has 1 aliphatic heterocycles. The molecule has 0 aliphatic carbocycles. The number of ether oxygens (including phenoxy) is 1. The van der Waals surface area contributed by atoms with Crippen LogP contribution in [0.2, 0.25) is 0 Å². The van der Waals surface area contributed by atoms with Gasteiger partial charge in [-0.2, -0.15) is 0 Å². The van der Waals surface area contributed by atoms with Crippen LogP contribution in [0, 0.1) is 0 Å². The van der Waals surface area contributed by atoms with Gasteiger partial charge in [0.2, 0.25) is 0 Å². The van der Waals surface area contributed by atoms with Crippen LogP contribution in [0.4, 0.5) is 5.69 Å². The molecule has 3 aromatic carbocycles. The monoisotopic (exact) mass is 439 g/mol. The van der Waals surface area contributed by atoms with E-state index in [0.717, 1.165) is 17.0 Å². The fourth-order valence-electron chi connectivity index (χ4n) is 3.73. The van der Waals surface area contributed by atoms with Crippen molar-refractivity contribution in [1.29, 1.82) is 0 Å². The minimum atomic E-state index is -0.593. The molecule has 2 heterocycles. The number of fused-ring (bicyclic) bond motifs is 1. The Hall–Kier alpha value is -4.46. The molecule has 4 aromatic rings. The van der Waals surface area contributed by atoms with Crippen molar-refractivity contribution in [1.82, 2.24) is 20.1 Å². The lowest BCUT2D eigenvalue weighted by Gasteiger charge is -2.12. The van der Waals surface area contributed by atoms with Crippen LogP contribution in [-0.2, 0) is 17.8 Å². The topological polar surface area (TPSA) is 98.1 Å². The summed E-state index contributed by atoms with van der Waals surface area (Å²) in [6, 6.07) is 24.0. The molecule has 0 bridgehead atoms. The summed E-state index contributed by atoms with van der Waals surface area (Å²) >= 11 is 0. The van der Waals surface area contributed by atoms with Crippen LogP contribution < -0.4 is 15.4 Å². The van der Waals surface area contributed by atoms with Crippen molar-refractivity contribution in [2.75, 3.05) is 5.32 Å². The van der Waals surface area contributed by atoms with E-state index in [9.17, 15) is 9.59 Å². The minimum Gasteiger partial charge on any atom is -0.480 e. The lowest BCUT2D eigenvalue weighted by molar-refractivity contribution is -0.122. The number of anilines is 1. The lowest BCUT2D eigenvalue weighted by Crippen LogP contribution is -2.31. The SMILES string of the molecule is O=C(NCc1nncn1-c1ccccc1)c1cccc(NC(=O)C2Cc3ccccc3O2)c1. The third kappa shape index (κ3) is 4.45. The molecule has 0 saturated carbocycles. The molecular weight excluding hydrogens is 418 g/mol. The molecule has 5 rings (SSSR count). The van der Waals surface area contributed by atoms with Gasteiger partial charge >= 0.3 is 0 Å². The maximum absolute atomic E-state index is 12.7. The first-order chi connectivity index (χ1) is 16.2. The molecular formula is C25H21N5O3. The minimum absolute atomic E-state index is 0.207. The zero-order valence-corrected chi connectivity index (χ0v) is 17.6. The third-order valence-corrected chi connectivity index (χ3v) is 5.39. The van der Waals surface area contributed by atoms with Gasteiger partial charge < -0.3 is 15.4 Å². The van der Waals surface area contributed by atoms with Crippen LogP contribution >= 0.6 is 0 Å².